The Kier molecular flexibility index (Phi) is 4.60. The van der Waals surface area contributed by atoms with Crippen molar-refractivity contribution in [3.63, 3.8) is 0 Å². The van der Waals surface area contributed by atoms with Gasteiger partial charge in [0.15, 0.2) is 5.82 Å². The second kappa shape index (κ2) is 6.71. The predicted molar refractivity (Wildman–Crippen MR) is 90.7 cm³/mol. The van der Waals surface area contributed by atoms with Crippen LogP contribution in [0.25, 0.3) is 23.2 Å². The van der Waals surface area contributed by atoms with Gasteiger partial charge in [-0.1, -0.05) is 0 Å². The van der Waals surface area contributed by atoms with Crippen LogP contribution in [0.3, 0.4) is 0 Å². The zero-order valence-electron chi connectivity index (χ0n) is 13.4. The minimum absolute atomic E-state index is 0.0957. The van der Waals surface area contributed by atoms with Gasteiger partial charge in [-0.15, -0.1) is 16.4 Å². The van der Waals surface area contributed by atoms with Crippen LogP contribution in [0.15, 0.2) is 36.1 Å². The number of amides is 1. The number of nitrogens with two attached hydrogens (primary N) is 1. The van der Waals surface area contributed by atoms with Crippen molar-refractivity contribution in [2.24, 2.45) is 5.73 Å². The molecule has 0 aliphatic carbocycles. The first-order valence-electron chi connectivity index (χ1n) is 7.26. The summed E-state index contributed by atoms with van der Waals surface area (Å²) in [6, 6.07) is 3.58. The Morgan fingerprint density at radius 2 is 2.04 bits per heavy atom. The van der Waals surface area contributed by atoms with Gasteiger partial charge in [-0.05, 0) is 30.7 Å². The third-order valence-corrected chi connectivity index (χ3v) is 4.17. The lowest BCUT2D eigenvalue weighted by molar-refractivity contribution is -0.137. The highest BCUT2D eigenvalue weighted by atomic mass is 32.1. The summed E-state index contributed by atoms with van der Waals surface area (Å²) in [5, 5.41) is 6.20. The number of alkyl halides is 3. The van der Waals surface area contributed by atoms with Gasteiger partial charge in [-0.3, -0.25) is 4.79 Å². The van der Waals surface area contributed by atoms with E-state index in [1.807, 2.05) is 0 Å². The van der Waals surface area contributed by atoms with E-state index in [2.05, 4.69) is 15.1 Å². The Hall–Kier alpha value is -3.01. The summed E-state index contributed by atoms with van der Waals surface area (Å²) in [5.41, 5.74) is 5.35. The lowest BCUT2D eigenvalue weighted by Crippen LogP contribution is -2.13. The lowest BCUT2D eigenvalue weighted by atomic mass is 10.1. The van der Waals surface area contributed by atoms with Crippen molar-refractivity contribution in [1.29, 1.82) is 0 Å². The number of carbonyl (C=O) groups excluding carboxylic acids is 1. The molecule has 0 atom stereocenters. The van der Waals surface area contributed by atoms with Crippen molar-refractivity contribution in [2.45, 2.75) is 13.1 Å². The van der Waals surface area contributed by atoms with Crippen LogP contribution in [0.1, 0.15) is 16.1 Å². The zero-order valence-corrected chi connectivity index (χ0v) is 14.2. The molecule has 3 aromatic rings. The molecule has 0 unspecified atom stereocenters. The van der Waals surface area contributed by atoms with Gasteiger partial charge in [0.1, 0.15) is 11.3 Å². The molecular formula is C16H12F3N5OS. The number of halogens is 3. The van der Waals surface area contributed by atoms with Gasteiger partial charge in [-0.25, -0.2) is 14.6 Å². The standard InChI is InChI=1S/C16H12F3N5OS/c1-9-4-10(6-11(5-9)16(17,18)19)14-22-8-24(23-14)7-12(13(20)25)15-21-2-3-26-15/h2-8H,1H3,(H2,20,25). The van der Waals surface area contributed by atoms with E-state index in [4.69, 9.17) is 5.73 Å². The topological polar surface area (TPSA) is 86.7 Å². The average Bonchev–Trinajstić information content (AvgIpc) is 3.22. The first kappa shape index (κ1) is 17.8. The number of hydrogen-bond donors (Lipinski definition) is 1. The molecule has 6 nitrogen and oxygen atoms in total. The smallest absolute Gasteiger partial charge is 0.365 e. The molecule has 10 heteroatoms. The normalized spacial score (nSPS) is 12.4. The number of thiazole rings is 1. The number of nitrogens with zero attached hydrogens (tertiary/aromatic N) is 4. The summed E-state index contributed by atoms with van der Waals surface area (Å²) in [4.78, 5) is 19.6. The molecule has 3 rings (SSSR count). The molecule has 0 aliphatic rings. The second-order valence-electron chi connectivity index (χ2n) is 5.38. The summed E-state index contributed by atoms with van der Waals surface area (Å²) < 4.78 is 40.1. The van der Waals surface area contributed by atoms with Gasteiger partial charge in [0.05, 0.1) is 11.1 Å². The van der Waals surface area contributed by atoms with Gasteiger partial charge in [0.2, 0.25) is 0 Å². The average molecular weight is 379 g/mol. The van der Waals surface area contributed by atoms with Crippen LogP contribution in [0.5, 0.6) is 0 Å². The fourth-order valence-corrected chi connectivity index (χ4v) is 2.91. The highest BCUT2D eigenvalue weighted by molar-refractivity contribution is 7.11. The molecule has 0 spiro atoms. The van der Waals surface area contributed by atoms with E-state index in [1.54, 1.807) is 18.4 Å². The first-order valence-corrected chi connectivity index (χ1v) is 8.14. The summed E-state index contributed by atoms with van der Waals surface area (Å²) >= 11 is 1.22. The van der Waals surface area contributed by atoms with Crippen LogP contribution in [0.2, 0.25) is 0 Å². The van der Waals surface area contributed by atoms with Crippen LogP contribution < -0.4 is 5.73 Å². The largest absolute Gasteiger partial charge is 0.416 e. The maximum atomic E-state index is 13.0. The molecule has 0 bridgehead atoms. The summed E-state index contributed by atoms with van der Waals surface area (Å²) in [6.45, 7) is 1.56. The van der Waals surface area contributed by atoms with Crippen molar-refractivity contribution >= 4 is 29.0 Å². The van der Waals surface area contributed by atoms with Crippen LogP contribution in [0, 0.1) is 6.92 Å². The van der Waals surface area contributed by atoms with E-state index in [1.165, 1.54) is 34.7 Å². The second-order valence-corrected chi connectivity index (χ2v) is 6.27. The Morgan fingerprint density at radius 1 is 1.27 bits per heavy atom. The molecule has 2 heterocycles. The van der Waals surface area contributed by atoms with Gasteiger partial charge >= 0.3 is 6.18 Å². The van der Waals surface area contributed by atoms with Gasteiger partial charge in [-0.2, -0.15) is 13.2 Å². The molecule has 134 valence electrons. The molecule has 1 aromatic carbocycles. The molecule has 26 heavy (non-hydrogen) atoms. The quantitative estimate of drug-likeness (QED) is 0.705. The van der Waals surface area contributed by atoms with E-state index < -0.39 is 17.6 Å². The lowest BCUT2D eigenvalue weighted by Gasteiger charge is -2.09. The molecule has 0 fully saturated rings. The number of aryl methyl sites for hydroxylation is 1. The third kappa shape index (κ3) is 3.80. The van der Waals surface area contributed by atoms with Crippen molar-refractivity contribution in [3.05, 3.63) is 52.2 Å². The molecule has 0 aliphatic heterocycles. The molecule has 1 amide bonds. The molecule has 0 radical (unpaired) electrons. The number of benzene rings is 1. The molecule has 0 saturated carbocycles. The number of primary amides is 1. The Morgan fingerprint density at radius 3 is 2.65 bits per heavy atom. The van der Waals surface area contributed by atoms with E-state index >= 15 is 0 Å². The fraction of sp³-hybridized carbons (Fsp3) is 0.125. The number of hydrogen-bond acceptors (Lipinski definition) is 5. The van der Waals surface area contributed by atoms with Crippen molar-refractivity contribution < 1.29 is 18.0 Å². The van der Waals surface area contributed by atoms with Gasteiger partial charge < -0.3 is 5.73 Å². The molecule has 2 aromatic heterocycles. The highest BCUT2D eigenvalue weighted by Gasteiger charge is 2.31. The number of aromatic nitrogens is 4. The minimum atomic E-state index is -4.47. The van der Waals surface area contributed by atoms with E-state index in [0.717, 1.165) is 12.1 Å². The molecular weight excluding hydrogens is 367 g/mol. The molecule has 0 saturated heterocycles. The summed E-state index contributed by atoms with van der Waals surface area (Å²) in [7, 11) is 0. The monoisotopic (exact) mass is 379 g/mol. The van der Waals surface area contributed by atoms with Crippen LogP contribution in [-0.4, -0.2) is 25.7 Å². The van der Waals surface area contributed by atoms with E-state index in [0.29, 0.717) is 10.6 Å². The van der Waals surface area contributed by atoms with Crippen molar-refractivity contribution in [1.82, 2.24) is 19.7 Å². The van der Waals surface area contributed by atoms with Crippen molar-refractivity contribution in [3.8, 4) is 11.4 Å². The first-order chi connectivity index (χ1) is 12.2. The van der Waals surface area contributed by atoms with Crippen LogP contribution >= 0.6 is 11.3 Å². The third-order valence-electron chi connectivity index (χ3n) is 3.36. The van der Waals surface area contributed by atoms with Crippen LogP contribution in [-0.2, 0) is 11.0 Å². The Labute approximate surface area is 149 Å². The number of carbonyl (C=O) groups is 1. The predicted octanol–water partition coefficient (Wildman–Crippen LogP) is 3.21. The fourth-order valence-electron chi connectivity index (χ4n) is 2.26. The number of rotatable bonds is 4. The van der Waals surface area contributed by atoms with E-state index in [-0.39, 0.29) is 17.0 Å². The van der Waals surface area contributed by atoms with Gasteiger partial charge in [0, 0.05) is 23.3 Å². The SMILES string of the molecule is Cc1cc(-c2ncn(C=C(C(N)=O)c3nccs3)n2)cc(C(F)(F)F)c1. The maximum Gasteiger partial charge on any atom is 0.416 e. The zero-order chi connectivity index (χ0) is 18.9. The Balaban J connectivity index is 1.99. The Bertz CT molecular complexity index is 976. The van der Waals surface area contributed by atoms with Crippen LogP contribution in [0.4, 0.5) is 13.2 Å². The van der Waals surface area contributed by atoms with Crippen molar-refractivity contribution in [2.75, 3.05) is 0 Å². The van der Waals surface area contributed by atoms with E-state index in [9.17, 15) is 18.0 Å². The summed E-state index contributed by atoms with van der Waals surface area (Å²) in [5.74, 6) is -0.606. The highest BCUT2D eigenvalue weighted by Crippen LogP contribution is 2.32. The minimum Gasteiger partial charge on any atom is -0.365 e. The summed E-state index contributed by atoms with van der Waals surface area (Å²) in [6.07, 6.45) is -0.332. The maximum absolute atomic E-state index is 13.0. The van der Waals surface area contributed by atoms with Gasteiger partial charge in [0.25, 0.3) is 5.91 Å². The molecule has 2 N–H and O–H groups in total.